The molecule has 2 N–H and O–H groups in total. The summed E-state index contributed by atoms with van der Waals surface area (Å²) in [6, 6.07) is 7.54. The zero-order chi connectivity index (χ0) is 11.4. The fourth-order valence-corrected chi connectivity index (χ4v) is 1.28. The Bertz CT molecular complexity index is 455. The van der Waals surface area contributed by atoms with Crippen LogP contribution in [0.5, 0.6) is 0 Å². The first kappa shape index (κ1) is 10.9. The third-order valence-electron chi connectivity index (χ3n) is 1.97. The van der Waals surface area contributed by atoms with E-state index in [0.29, 0.717) is 11.9 Å². The van der Waals surface area contributed by atoms with Gasteiger partial charge in [-0.05, 0) is 17.7 Å². The quantitative estimate of drug-likeness (QED) is 0.799. The Morgan fingerprint density at radius 1 is 1.25 bits per heavy atom. The number of aliphatic hydroxyl groups excluding tert-OH is 1. The average Bonchev–Trinajstić information content (AvgIpc) is 2.78. The summed E-state index contributed by atoms with van der Waals surface area (Å²) in [5.41, 5.74) is 1.65. The van der Waals surface area contributed by atoms with E-state index in [9.17, 15) is 0 Å². The maximum absolute atomic E-state index is 8.88. The maximum Gasteiger partial charge on any atom is 0.320 e. The standard InChI is InChI=1S/C10H10ClN3O2/c11-5-9-13-14-10(16-9)12-8-3-1-7(6-15)2-4-8/h1-4,15H,5-6H2,(H,12,14). The molecule has 0 aliphatic heterocycles. The van der Waals surface area contributed by atoms with E-state index in [1.54, 1.807) is 12.1 Å². The molecule has 2 aromatic rings. The summed E-state index contributed by atoms with van der Waals surface area (Å²) in [6.45, 7) is 0.0250. The van der Waals surface area contributed by atoms with Gasteiger partial charge in [0, 0.05) is 5.69 Å². The third-order valence-corrected chi connectivity index (χ3v) is 2.20. The predicted molar refractivity (Wildman–Crippen MR) is 59.5 cm³/mol. The molecule has 0 saturated carbocycles. The van der Waals surface area contributed by atoms with Crippen LogP contribution in [-0.4, -0.2) is 15.3 Å². The van der Waals surface area contributed by atoms with Crippen LogP contribution in [0.15, 0.2) is 28.7 Å². The molecule has 0 aliphatic rings. The van der Waals surface area contributed by atoms with E-state index in [0.717, 1.165) is 11.3 Å². The van der Waals surface area contributed by atoms with Gasteiger partial charge in [-0.1, -0.05) is 17.2 Å². The number of benzene rings is 1. The van der Waals surface area contributed by atoms with E-state index in [-0.39, 0.29) is 12.5 Å². The number of nitrogens with one attached hydrogen (secondary N) is 1. The van der Waals surface area contributed by atoms with Gasteiger partial charge in [-0.15, -0.1) is 16.7 Å². The highest BCUT2D eigenvalue weighted by molar-refractivity contribution is 6.16. The summed E-state index contributed by atoms with van der Waals surface area (Å²) in [7, 11) is 0. The minimum atomic E-state index is 0.0250. The van der Waals surface area contributed by atoms with Crippen LogP contribution in [-0.2, 0) is 12.5 Å². The molecule has 0 amide bonds. The molecule has 2 rings (SSSR count). The van der Waals surface area contributed by atoms with Gasteiger partial charge in [0.15, 0.2) is 0 Å². The van der Waals surface area contributed by atoms with Gasteiger partial charge in [0.05, 0.1) is 6.61 Å². The number of halogens is 1. The molecule has 5 nitrogen and oxygen atoms in total. The molecule has 0 radical (unpaired) electrons. The average molecular weight is 240 g/mol. The fraction of sp³-hybridized carbons (Fsp3) is 0.200. The molecule has 1 aromatic heterocycles. The van der Waals surface area contributed by atoms with Crippen LogP contribution in [0.1, 0.15) is 11.5 Å². The van der Waals surface area contributed by atoms with Gasteiger partial charge in [0.1, 0.15) is 5.88 Å². The van der Waals surface area contributed by atoms with Crippen molar-refractivity contribution in [3.8, 4) is 0 Å². The van der Waals surface area contributed by atoms with E-state index in [4.69, 9.17) is 21.1 Å². The van der Waals surface area contributed by atoms with E-state index < -0.39 is 0 Å². The van der Waals surface area contributed by atoms with Crippen LogP contribution >= 0.6 is 11.6 Å². The lowest BCUT2D eigenvalue weighted by atomic mass is 10.2. The lowest BCUT2D eigenvalue weighted by Crippen LogP contribution is -1.91. The molecule has 1 heterocycles. The van der Waals surface area contributed by atoms with Crippen molar-refractivity contribution < 1.29 is 9.52 Å². The van der Waals surface area contributed by atoms with E-state index in [2.05, 4.69) is 15.5 Å². The van der Waals surface area contributed by atoms with Crippen molar-refractivity contribution in [2.45, 2.75) is 12.5 Å². The molecule has 0 fully saturated rings. The number of hydrogen-bond donors (Lipinski definition) is 2. The molecule has 0 bridgehead atoms. The minimum absolute atomic E-state index is 0.0250. The van der Waals surface area contributed by atoms with Crippen LogP contribution in [0.4, 0.5) is 11.7 Å². The molecule has 0 unspecified atom stereocenters. The van der Waals surface area contributed by atoms with Crippen molar-refractivity contribution in [1.82, 2.24) is 10.2 Å². The summed E-state index contributed by atoms with van der Waals surface area (Å²) < 4.78 is 5.18. The number of rotatable bonds is 4. The largest absolute Gasteiger partial charge is 0.407 e. The van der Waals surface area contributed by atoms with Crippen LogP contribution in [0, 0.1) is 0 Å². The van der Waals surface area contributed by atoms with E-state index in [1.165, 1.54) is 0 Å². The van der Waals surface area contributed by atoms with Gasteiger partial charge in [-0.2, -0.15) is 0 Å². The summed E-state index contributed by atoms with van der Waals surface area (Å²) in [5.74, 6) is 0.564. The van der Waals surface area contributed by atoms with E-state index >= 15 is 0 Å². The monoisotopic (exact) mass is 239 g/mol. The Labute approximate surface area is 97.1 Å². The Hall–Kier alpha value is -1.59. The predicted octanol–water partition coefficient (Wildman–Crippen LogP) is 2.04. The highest BCUT2D eigenvalue weighted by Crippen LogP contribution is 2.16. The topological polar surface area (TPSA) is 71.2 Å². The first-order chi connectivity index (χ1) is 7.81. The van der Waals surface area contributed by atoms with Crippen molar-refractivity contribution in [2.75, 3.05) is 5.32 Å². The molecule has 0 atom stereocenters. The Morgan fingerprint density at radius 2 is 2.00 bits per heavy atom. The molecule has 0 saturated heterocycles. The molecule has 6 heteroatoms. The number of nitrogens with zero attached hydrogens (tertiary/aromatic N) is 2. The normalized spacial score (nSPS) is 10.4. The van der Waals surface area contributed by atoms with Crippen LogP contribution in [0.3, 0.4) is 0 Å². The minimum Gasteiger partial charge on any atom is -0.407 e. The molecular weight excluding hydrogens is 230 g/mol. The molecule has 84 valence electrons. The second-order valence-electron chi connectivity index (χ2n) is 3.11. The van der Waals surface area contributed by atoms with Gasteiger partial charge in [-0.25, -0.2) is 0 Å². The van der Waals surface area contributed by atoms with Crippen molar-refractivity contribution in [3.05, 3.63) is 35.7 Å². The van der Waals surface area contributed by atoms with Crippen LogP contribution in [0.2, 0.25) is 0 Å². The van der Waals surface area contributed by atoms with Gasteiger partial charge in [0.25, 0.3) is 0 Å². The van der Waals surface area contributed by atoms with Gasteiger partial charge < -0.3 is 14.8 Å². The summed E-state index contributed by atoms with van der Waals surface area (Å²) in [6.07, 6.45) is 0. The van der Waals surface area contributed by atoms with Crippen molar-refractivity contribution in [2.24, 2.45) is 0 Å². The lowest BCUT2D eigenvalue weighted by molar-refractivity contribution is 0.282. The smallest absolute Gasteiger partial charge is 0.320 e. The molecule has 16 heavy (non-hydrogen) atoms. The maximum atomic E-state index is 8.88. The first-order valence-electron chi connectivity index (χ1n) is 4.67. The lowest BCUT2D eigenvalue weighted by Gasteiger charge is -2.01. The number of alkyl halides is 1. The Morgan fingerprint density at radius 3 is 2.56 bits per heavy atom. The van der Waals surface area contributed by atoms with Gasteiger partial charge in [-0.3, -0.25) is 0 Å². The SMILES string of the molecule is OCc1ccc(Nc2nnc(CCl)o2)cc1. The highest BCUT2D eigenvalue weighted by Gasteiger charge is 2.04. The molecule has 0 aliphatic carbocycles. The molecule has 1 aromatic carbocycles. The zero-order valence-corrected chi connectivity index (χ0v) is 9.11. The van der Waals surface area contributed by atoms with Crippen LogP contribution in [0.25, 0.3) is 0 Å². The Balaban J connectivity index is 2.08. The number of aliphatic hydroxyl groups is 1. The van der Waals surface area contributed by atoms with Crippen molar-refractivity contribution in [1.29, 1.82) is 0 Å². The summed E-state index contributed by atoms with van der Waals surface area (Å²) in [4.78, 5) is 0. The second kappa shape index (κ2) is 4.96. The van der Waals surface area contributed by atoms with Gasteiger partial charge >= 0.3 is 6.01 Å². The number of hydrogen-bond acceptors (Lipinski definition) is 5. The van der Waals surface area contributed by atoms with Gasteiger partial charge in [0.2, 0.25) is 5.89 Å². The van der Waals surface area contributed by atoms with Crippen molar-refractivity contribution in [3.63, 3.8) is 0 Å². The van der Waals surface area contributed by atoms with Crippen LogP contribution < -0.4 is 5.32 Å². The second-order valence-corrected chi connectivity index (χ2v) is 3.38. The number of anilines is 2. The number of aromatic nitrogens is 2. The van der Waals surface area contributed by atoms with E-state index in [1.807, 2.05) is 12.1 Å². The highest BCUT2D eigenvalue weighted by atomic mass is 35.5. The summed E-state index contributed by atoms with van der Waals surface area (Å²) >= 11 is 5.53. The fourth-order valence-electron chi connectivity index (χ4n) is 1.18. The first-order valence-corrected chi connectivity index (χ1v) is 5.20. The Kier molecular flexibility index (Phi) is 3.38. The zero-order valence-electron chi connectivity index (χ0n) is 8.35. The molecular formula is C10H10ClN3O2. The third kappa shape index (κ3) is 2.50. The molecule has 0 spiro atoms. The van der Waals surface area contributed by atoms with Crippen molar-refractivity contribution >= 4 is 23.3 Å². The summed E-state index contributed by atoms with van der Waals surface area (Å²) in [5, 5.41) is 19.3.